The highest BCUT2D eigenvalue weighted by atomic mass is 127. The number of hydrogen-bond donors (Lipinski definition) is 1. The van der Waals surface area contributed by atoms with E-state index in [-0.39, 0.29) is 30.6 Å². The van der Waals surface area contributed by atoms with E-state index in [2.05, 4.69) is 31.7 Å². The Hall–Kier alpha value is 0.1000. The monoisotopic (exact) mass is 495 g/mol. The van der Waals surface area contributed by atoms with Crippen LogP contribution in [-0.4, -0.2) is 67.4 Å². The molecule has 0 aromatic heterocycles. The molecule has 2 rings (SSSR count). The Morgan fingerprint density at radius 2 is 2.00 bits per heavy atom. The summed E-state index contributed by atoms with van der Waals surface area (Å²) in [5, 5.41) is 3.26. The Bertz CT molecular complexity index is 412. The Labute approximate surface area is 169 Å². The van der Waals surface area contributed by atoms with Crippen LogP contribution in [0.15, 0.2) is 4.99 Å². The van der Waals surface area contributed by atoms with Crippen molar-refractivity contribution in [3.8, 4) is 0 Å². The minimum atomic E-state index is -4.25. The maximum absolute atomic E-state index is 12.0. The molecule has 148 valence electrons. The molecule has 1 spiro atoms. The van der Waals surface area contributed by atoms with E-state index in [4.69, 9.17) is 0 Å². The molecule has 4 nitrogen and oxygen atoms in total. The molecule has 0 unspecified atom stereocenters. The van der Waals surface area contributed by atoms with Crippen LogP contribution in [0, 0.1) is 0 Å². The summed E-state index contributed by atoms with van der Waals surface area (Å²) in [5.74, 6) is 1.96. The first-order valence-electron chi connectivity index (χ1n) is 8.68. The van der Waals surface area contributed by atoms with Crippen molar-refractivity contribution in [3.05, 3.63) is 0 Å². The van der Waals surface area contributed by atoms with Crippen molar-refractivity contribution >= 4 is 41.7 Å². The highest BCUT2D eigenvalue weighted by Gasteiger charge is 2.38. The lowest BCUT2D eigenvalue weighted by molar-refractivity contribution is -0.173. The molecule has 2 fully saturated rings. The van der Waals surface area contributed by atoms with Gasteiger partial charge in [0.1, 0.15) is 6.61 Å². The molecule has 0 bridgehead atoms. The SMILES string of the molecule is CN=C(NCCCOCC(F)(F)F)N1CCSC2(CCCCC2)C1.I. The van der Waals surface area contributed by atoms with Crippen molar-refractivity contribution in [1.29, 1.82) is 0 Å². The van der Waals surface area contributed by atoms with E-state index in [0.29, 0.717) is 17.7 Å². The first-order chi connectivity index (χ1) is 11.4. The maximum atomic E-state index is 12.0. The van der Waals surface area contributed by atoms with Gasteiger partial charge in [-0.3, -0.25) is 4.99 Å². The lowest BCUT2D eigenvalue weighted by Gasteiger charge is -2.45. The summed E-state index contributed by atoms with van der Waals surface area (Å²) in [5.41, 5.74) is 0. The Kier molecular flexibility index (Phi) is 10.2. The Morgan fingerprint density at radius 3 is 2.64 bits per heavy atom. The molecule has 25 heavy (non-hydrogen) atoms. The van der Waals surface area contributed by atoms with E-state index < -0.39 is 12.8 Å². The summed E-state index contributed by atoms with van der Waals surface area (Å²) < 4.78 is 41.0. The van der Waals surface area contributed by atoms with Gasteiger partial charge in [0.25, 0.3) is 0 Å². The van der Waals surface area contributed by atoms with Crippen molar-refractivity contribution in [3.63, 3.8) is 0 Å². The van der Waals surface area contributed by atoms with Gasteiger partial charge in [0.2, 0.25) is 0 Å². The fourth-order valence-electron chi connectivity index (χ4n) is 3.42. The van der Waals surface area contributed by atoms with Gasteiger partial charge >= 0.3 is 6.18 Å². The van der Waals surface area contributed by atoms with Gasteiger partial charge in [-0.1, -0.05) is 19.3 Å². The van der Waals surface area contributed by atoms with Crippen LogP contribution in [0.3, 0.4) is 0 Å². The predicted octanol–water partition coefficient (Wildman–Crippen LogP) is 3.90. The summed E-state index contributed by atoms with van der Waals surface area (Å²) >= 11 is 2.10. The number of ether oxygens (including phenoxy) is 1. The van der Waals surface area contributed by atoms with Gasteiger partial charge in [-0.15, -0.1) is 24.0 Å². The zero-order valence-electron chi connectivity index (χ0n) is 14.7. The largest absolute Gasteiger partial charge is 0.411 e. The molecule has 1 aliphatic heterocycles. The average Bonchev–Trinajstić information content (AvgIpc) is 2.54. The lowest BCUT2D eigenvalue weighted by Crippen LogP contribution is -2.53. The van der Waals surface area contributed by atoms with E-state index in [9.17, 15) is 13.2 Å². The van der Waals surface area contributed by atoms with Gasteiger partial charge in [0.15, 0.2) is 5.96 Å². The minimum Gasteiger partial charge on any atom is -0.372 e. The standard InChI is InChI=1S/C16H28F3N3OS.HI/c1-20-14(21-8-5-10-23-13-16(17,18)19)22-9-11-24-15(12-22)6-3-2-4-7-15;/h2-13H2,1H3,(H,20,21);1H. The Morgan fingerprint density at radius 1 is 1.28 bits per heavy atom. The lowest BCUT2D eigenvalue weighted by atomic mass is 9.87. The number of nitrogens with zero attached hydrogens (tertiary/aromatic N) is 2. The van der Waals surface area contributed by atoms with E-state index in [1.165, 1.54) is 32.1 Å². The van der Waals surface area contributed by atoms with Crippen LogP contribution in [-0.2, 0) is 4.74 Å². The van der Waals surface area contributed by atoms with E-state index in [1.807, 2.05) is 0 Å². The third kappa shape index (κ3) is 8.11. The molecule has 1 N–H and O–H groups in total. The molecule has 2 aliphatic rings. The van der Waals surface area contributed by atoms with Crippen LogP contribution in [0.4, 0.5) is 13.2 Å². The quantitative estimate of drug-likeness (QED) is 0.272. The highest BCUT2D eigenvalue weighted by molar-refractivity contribution is 14.0. The number of hydrogen-bond acceptors (Lipinski definition) is 3. The fraction of sp³-hybridized carbons (Fsp3) is 0.938. The van der Waals surface area contributed by atoms with E-state index in [0.717, 1.165) is 24.8 Å². The molecule has 1 heterocycles. The second-order valence-electron chi connectivity index (χ2n) is 6.51. The smallest absolute Gasteiger partial charge is 0.372 e. The van der Waals surface area contributed by atoms with Crippen LogP contribution in [0.25, 0.3) is 0 Å². The molecule has 9 heteroatoms. The second kappa shape index (κ2) is 11.1. The molecular weight excluding hydrogens is 466 g/mol. The molecule has 1 saturated heterocycles. The molecule has 0 radical (unpaired) electrons. The first kappa shape index (κ1) is 23.1. The van der Waals surface area contributed by atoms with Gasteiger partial charge in [0, 0.05) is 43.8 Å². The zero-order valence-corrected chi connectivity index (χ0v) is 17.9. The normalized spacial score (nSPS) is 21.1. The van der Waals surface area contributed by atoms with Crippen LogP contribution >= 0.6 is 35.7 Å². The van der Waals surface area contributed by atoms with Crippen molar-refractivity contribution in [2.45, 2.75) is 49.4 Å². The molecule has 0 amide bonds. The summed E-state index contributed by atoms with van der Waals surface area (Å²) in [4.78, 5) is 6.65. The number of aliphatic imine (C=N–C) groups is 1. The van der Waals surface area contributed by atoms with Gasteiger partial charge in [0.05, 0.1) is 0 Å². The summed E-state index contributed by atoms with van der Waals surface area (Å²) in [6.07, 6.45) is 2.79. The van der Waals surface area contributed by atoms with Gasteiger partial charge in [-0.2, -0.15) is 24.9 Å². The number of guanidine groups is 1. The zero-order chi connectivity index (χ0) is 17.5. The van der Waals surface area contributed by atoms with Crippen LogP contribution in [0.2, 0.25) is 0 Å². The molecule has 1 aliphatic carbocycles. The van der Waals surface area contributed by atoms with Gasteiger partial charge < -0.3 is 15.0 Å². The highest BCUT2D eigenvalue weighted by Crippen LogP contribution is 2.42. The third-order valence-electron chi connectivity index (χ3n) is 4.54. The number of rotatable bonds is 5. The van der Waals surface area contributed by atoms with Crippen molar-refractivity contribution < 1.29 is 17.9 Å². The molecule has 0 atom stereocenters. The molecule has 0 aromatic rings. The van der Waals surface area contributed by atoms with Crippen LogP contribution < -0.4 is 5.32 Å². The van der Waals surface area contributed by atoms with E-state index >= 15 is 0 Å². The van der Waals surface area contributed by atoms with Gasteiger partial charge in [-0.25, -0.2) is 0 Å². The molecule has 0 aromatic carbocycles. The van der Waals surface area contributed by atoms with Crippen molar-refractivity contribution in [2.75, 3.05) is 45.6 Å². The van der Waals surface area contributed by atoms with Crippen molar-refractivity contribution in [2.24, 2.45) is 4.99 Å². The Balaban J connectivity index is 0.00000312. The number of alkyl halides is 3. The second-order valence-corrected chi connectivity index (χ2v) is 8.07. The van der Waals surface area contributed by atoms with Crippen LogP contribution in [0.5, 0.6) is 0 Å². The van der Waals surface area contributed by atoms with Crippen molar-refractivity contribution in [1.82, 2.24) is 10.2 Å². The summed E-state index contributed by atoms with van der Waals surface area (Å²) in [6.45, 7) is 1.48. The van der Waals surface area contributed by atoms with Gasteiger partial charge in [-0.05, 0) is 19.3 Å². The first-order valence-corrected chi connectivity index (χ1v) is 9.67. The fourth-order valence-corrected chi connectivity index (χ4v) is 4.99. The maximum Gasteiger partial charge on any atom is 0.411 e. The summed E-state index contributed by atoms with van der Waals surface area (Å²) in [7, 11) is 1.76. The third-order valence-corrected chi connectivity index (χ3v) is 6.08. The predicted molar refractivity (Wildman–Crippen MR) is 108 cm³/mol. The number of thioether (sulfide) groups is 1. The molecule has 1 saturated carbocycles. The number of halogens is 4. The topological polar surface area (TPSA) is 36.9 Å². The van der Waals surface area contributed by atoms with Crippen LogP contribution in [0.1, 0.15) is 38.5 Å². The summed E-state index contributed by atoms with van der Waals surface area (Å²) in [6, 6.07) is 0. The van der Waals surface area contributed by atoms with E-state index in [1.54, 1.807) is 7.05 Å². The average molecular weight is 495 g/mol. The minimum absolute atomic E-state index is 0. The molecular formula is C16H29F3IN3OS. The number of nitrogens with one attached hydrogen (secondary N) is 1.